The minimum atomic E-state index is -0.0423. The van der Waals surface area contributed by atoms with E-state index in [1.54, 1.807) is 12.1 Å². The molecule has 0 aliphatic heterocycles. The molecule has 0 atom stereocenters. The van der Waals surface area contributed by atoms with Gasteiger partial charge in [-0.2, -0.15) is 5.26 Å². The Bertz CT molecular complexity index is 551. The largest absolute Gasteiger partial charge is 0.507 e. The highest BCUT2D eigenvalue weighted by Gasteiger charge is 2.09. The molecule has 0 spiro atoms. The molecule has 0 fully saturated rings. The molecule has 1 aromatic carbocycles. The van der Waals surface area contributed by atoms with Crippen molar-refractivity contribution in [1.82, 2.24) is 0 Å². The van der Waals surface area contributed by atoms with Crippen LogP contribution in [0.5, 0.6) is 5.75 Å². The number of nitrogens with zero attached hydrogens (tertiary/aromatic N) is 1. The summed E-state index contributed by atoms with van der Waals surface area (Å²) >= 11 is 1.21. The number of phenols is 1. The zero-order valence-electron chi connectivity index (χ0n) is 7.02. The molecule has 3 nitrogen and oxygen atoms in total. The summed E-state index contributed by atoms with van der Waals surface area (Å²) in [5.41, 5.74) is 0.237. The molecular formula is C10H5NO2S. The summed E-state index contributed by atoms with van der Waals surface area (Å²) in [6.45, 7) is 0. The molecule has 2 aromatic rings. The maximum Gasteiger partial charge on any atom is 0.160 e. The van der Waals surface area contributed by atoms with E-state index >= 15 is 0 Å². The lowest BCUT2D eigenvalue weighted by Gasteiger charge is -1.95. The van der Waals surface area contributed by atoms with Gasteiger partial charge in [-0.1, -0.05) is 0 Å². The zero-order valence-corrected chi connectivity index (χ0v) is 7.84. The molecule has 2 rings (SSSR count). The van der Waals surface area contributed by atoms with Crippen molar-refractivity contribution in [2.75, 3.05) is 0 Å². The lowest BCUT2D eigenvalue weighted by atomic mass is 10.1. The first-order valence-corrected chi connectivity index (χ1v) is 4.68. The molecule has 0 amide bonds. The van der Waals surface area contributed by atoms with Crippen molar-refractivity contribution in [2.24, 2.45) is 0 Å². The quantitative estimate of drug-likeness (QED) is 0.723. The van der Waals surface area contributed by atoms with Gasteiger partial charge in [-0.05, 0) is 23.6 Å². The third kappa shape index (κ3) is 1.15. The van der Waals surface area contributed by atoms with Gasteiger partial charge >= 0.3 is 0 Å². The number of carbonyl (C=O) groups excluding carboxylic acids is 1. The van der Waals surface area contributed by atoms with Crippen molar-refractivity contribution in [2.45, 2.75) is 0 Å². The van der Waals surface area contributed by atoms with Crippen molar-refractivity contribution in [3.8, 4) is 11.8 Å². The molecule has 0 radical (unpaired) electrons. The Hall–Kier alpha value is -1.86. The summed E-state index contributed by atoms with van der Waals surface area (Å²) in [5.74, 6) is -0.0423. The van der Waals surface area contributed by atoms with Crippen LogP contribution in [-0.2, 0) is 0 Å². The van der Waals surface area contributed by atoms with Crippen molar-refractivity contribution >= 4 is 27.7 Å². The third-order valence-electron chi connectivity index (χ3n) is 1.91. The van der Waals surface area contributed by atoms with Crippen LogP contribution >= 0.6 is 11.3 Å². The summed E-state index contributed by atoms with van der Waals surface area (Å²) in [4.78, 5) is 11.1. The van der Waals surface area contributed by atoms with E-state index in [9.17, 15) is 9.90 Å². The van der Waals surface area contributed by atoms with Crippen LogP contribution in [0.4, 0.5) is 0 Å². The van der Waals surface area contributed by atoms with E-state index in [1.165, 1.54) is 17.4 Å². The summed E-state index contributed by atoms with van der Waals surface area (Å²) in [6.07, 6.45) is 0.739. The van der Waals surface area contributed by atoms with Gasteiger partial charge in [-0.3, -0.25) is 4.79 Å². The molecular weight excluding hydrogens is 198 g/mol. The number of aromatic hydroxyl groups is 1. The molecule has 0 saturated carbocycles. The zero-order chi connectivity index (χ0) is 10.1. The Morgan fingerprint density at radius 1 is 1.50 bits per heavy atom. The highest BCUT2D eigenvalue weighted by Crippen LogP contribution is 2.32. The Morgan fingerprint density at radius 2 is 2.29 bits per heavy atom. The average molecular weight is 203 g/mol. The highest BCUT2D eigenvalue weighted by molar-refractivity contribution is 7.20. The maximum absolute atomic E-state index is 10.5. The first-order valence-electron chi connectivity index (χ1n) is 3.87. The first kappa shape index (κ1) is 8.73. The van der Waals surface area contributed by atoms with Gasteiger partial charge in [0.25, 0.3) is 0 Å². The van der Waals surface area contributed by atoms with Crippen LogP contribution in [0.15, 0.2) is 18.2 Å². The molecule has 1 heterocycles. The van der Waals surface area contributed by atoms with E-state index in [4.69, 9.17) is 5.26 Å². The van der Waals surface area contributed by atoms with Gasteiger partial charge in [0.15, 0.2) is 6.29 Å². The van der Waals surface area contributed by atoms with Gasteiger partial charge in [-0.25, -0.2) is 0 Å². The van der Waals surface area contributed by atoms with Crippen LogP contribution in [0, 0.1) is 11.3 Å². The van der Waals surface area contributed by atoms with Crippen LogP contribution in [0.2, 0.25) is 0 Å². The SMILES string of the molecule is N#Cc1c(O)ccc2cc(C=O)sc12. The smallest absolute Gasteiger partial charge is 0.160 e. The summed E-state index contributed by atoms with van der Waals surface area (Å²) < 4.78 is 0.662. The minimum absolute atomic E-state index is 0.0423. The van der Waals surface area contributed by atoms with Gasteiger partial charge in [-0.15, -0.1) is 11.3 Å². The number of carbonyl (C=O) groups is 1. The van der Waals surface area contributed by atoms with E-state index in [2.05, 4.69) is 0 Å². The second-order valence-corrected chi connectivity index (χ2v) is 3.84. The minimum Gasteiger partial charge on any atom is -0.507 e. The summed E-state index contributed by atoms with van der Waals surface area (Å²) in [7, 11) is 0. The number of benzene rings is 1. The van der Waals surface area contributed by atoms with Gasteiger partial charge in [0.1, 0.15) is 17.4 Å². The van der Waals surface area contributed by atoms with Crippen molar-refractivity contribution in [1.29, 1.82) is 5.26 Å². The van der Waals surface area contributed by atoms with Crippen molar-refractivity contribution in [3.63, 3.8) is 0 Å². The lowest BCUT2D eigenvalue weighted by Crippen LogP contribution is -1.75. The number of fused-ring (bicyclic) bond motifs is 1. The Kier molecular flexibility index (Phi) is 1.95. The Balaban J connectivity index is 2.87. The predicted molar refractivity (Wildman–Crippen MR) is 53.6 cm³/mol. The Morgan fingerprint density at radius 3 is 2.93 bits per heavy atom. The molecule has 0 bridgehead atoms. The number of rotatable bonds is 1. The normalized spacial score (nSPS) is 9.93. The molecule has 14 heavy (non-hydrogen) atoms. The lowest BCUT2D eigenvalue weighted by molar-refractivity contribution is 0.112. The van der Waals surface area contributed by atoms with Crippen molar-refractivity contribution in [3.05, 3.63) is 28.6 Å². The molecule has 0 unspecified atom stereocenters. The van der Waals surface area contributed by atoms with Crippen LogP contribution in [0.1, 0.15) is 15.2 Å². The number of nitriles is 1. The molecule has 1 N–H and O–H groups in total. The Labute approximate surface area is 83.8 Å². The molecule has 0 saturated heterocycles. The summed E-state index contributed by atoms with van der Waals surface area (Å²) in [6, 6.07) is 6.77. The monoisotopic (exact) mass is 203 g/mol. The average Bonchev–Trinajstić information content (AvgIpc) is 2.60. The number of hydrogen-bond donors (Lipinski definition) is 1. The van der Waals surface area contributed by atoms with Gasteiger partial charge in [0.05, 0.1) is 9.58 Å². The molecule has 0 aliphatic carbocycles. The first-order chi connectivity index (χ1) is 6.76. The number of aldehydes is 1. The highest BCUT2D eigenvalue weighted by atomic mass is 32.1. The molecule has 4 heteroatoms. The molecule has 0 aliphatic rings. The van der Waals surface area contributed by atoms with Gasteiger partial charge in [0.2, 0.25) is 0 Å². The fourth-order valence-electron chi connectivity index (χ4n) is 1.28. The topological polar surface area (TPSA) is 61.1 Å². The van der Waals surface area contributed by atoms with Crippen LogP contribution < -0.4 is 0 Å². The molecule has 68 valence electrons. The van der Waals surface area contributed by atoms with E-state index in [0.717, 1.165) is 11.7 Å². The fourth-order valence-corrected chi connectivity index (χ4v) is 2.25. The van der Waals surface area contributed by atoms with E-state index in [-0.39, 0.29) is 11.3 Å². The van der Waals surface area contributed by atoms with Crippen LogP contribution in [-0.4, -0.2) is 11.4 Å². The predicted octanol–water partition coefficient (Wildman–Crippen LogP) is 2.29. The fraction of sp³-hybridized carbons (Fsp3) is 0. The van der Waals surface area contributed by atoms with Crippen LogP contribution in [0.3, 0.4) is 0 Å². The summed E-state index contributed by atoms with van der Waals surface area (Å²) in [5, 5.41) is 19.0. The van der Waals surface area contributed by atoms with Gasteiger partial charge in [0, 0.05) is 0 Å². The second-order valence-electron chi connectivity index (χ2n) is 2.76. The number of phenolic OH excluding ortho intramolecular Hbond substituents is 1. The number of hydrogen-bond acceptors (Lipinski definition) is 4. The van der Waals surface area contributed by atoms with Crippen molar-refractivity contribution < 1.29 is 9.90 Å². The maximum atomic E-state index is 10.5. The van der Waals surface area contributed by atoms with Gasteiger partial charge < -0.3 is 5.11 Å². The van der Waals surface area contributed by atoms with E-state index < -0.39 is 0 Å². The van der Waals surface area contributed by atoms with E-state index in [1.807, 2.05) is 6.07 Å². The third-order valence-corrected chi connectivity index (χ3v) is 3.01. The molecule has 1 aromatic heterocycles. The number of thiophene rings is 1. The standard InChI is InChI=1S/C10H5NO2S/c11-4-8-9(13)2-1-6-3-7(5-12)14-10(6)8/h1-3,5,13H. The second kappa shape index (κ2) is 3.13. The van der Waals surface area contributed by atoms with E-state index in [0.29, 0.717) is 9.58 Å². The van der Waals surface area contributed by atoms with Crippen LogP contribution in [0.25, 0.3) is 10.1 Å².